The van der Waals surface area contributed by atoms with Crippen molar-refractivity contribution in [2.75, 3.05) is 25.0 Å². The van der Waals surface area contributed by atoms with Gasteiger partial charge in [0, 0.05) is 17.3 Å². The van der Waals surface area contributed by atoms with Crippen LogP contribution in [0.25, 0.3) is 11.1 Å². The number of halogens is 2. The van der Waals surface area contributed by atoms with Crippen LogP contribution in [0, 0.1) is 0 Å². The van der Waals surface area contributed by atoms with Crippen LogP contribution in [0.15, 0.2) is 66.7 Å². The molecule has 0 unspecified atom stereocenters. The van der Waals surface area contributed by atoms with Crippen LogP contribution in [0.4, 0.5) is 5.69 Å². The maximum Gasteiger partial charge on any atom is 0.262 e. The van der Waals surface area contributed by atoms with Gasteiger partial charge in [0.25, 0.3) is 5.91 Å². The molecule has 0 saturated carbocycles. The van der Waals surface area contributed by atoms with Gasteiger partial charge in [-0.2, -0.15) is 0 Å². The fraction of sp³-hybridized carbons (Fsp3) is 0.240. The highest BCUT2D eigenvalue weighted by Crippen LogP contribution is 2.27. The normalized spacial score (nSPS) is 13.9. The molecule has 160 valence electrons. The molecular weight excluding hydrogens is 431 g/mol. The highest BCUT2D eigenvalue weighted by Gasteiger charge is 2.13. The zero-order valence-corrected chi connectivity index (χ0v) is 18.6. The topological polar surface area (TPSA) is 41.6 Å². The van der Waals surface area contributed by atoms with Gasteiger partial charge in [-0.3, -0.25) is 9.69 Å². The summed E-state index contributed by atoms with van der Waals surface area (Å²) in [4.78, 5) is 14.7. The summed E-state index contributed by atoms with van der Waals surface area (Å²) in [5, 5.41) is 4.07. The first-order valence-electron chi connectivity index (χ1n) is 10.4. The van der Waals surface area contributed by atoms with Gasteiger partial charge in [0.1, 0.15) is 5.75 Å². The second-order valence-electron chi connectivity index (χ2n) is 7.67. The molecular formula is C25H24Cl2N2O2. The van der Waals surface area contributed by atoms with Crippen LogP contribution in [0.5, 0.6) is 5.75 Å². The van der Waals surface area contributed by atoms with E-state index in [4.69, 9.17) is 27.9 Å². The molecule has 0 spiro atoms. The van der Waals surface area contributed by atoms with Gasteiger partial charge < -0.3 is 10.1 Å². The van der Waals surface area contributed by atoms with Gasteiger partial charge in [0.2, 0.25) is 0 Å². The van der Waals surface area contributed by atoms with Crippen LogP contribution in [0.2, 0.25) is 10.0 Å². The van der Waals surface area contributed by atoms with Gasteiger partial charge in [0.15, 0.2) is 6.61 Å². The van der Waals surface area contributed by atoms with Crippen LogP contribution in [0.3, 0.4) is 0 Å². The summed E-state index contributed by atoms with van der Waals surface area (Å²) < 4.78 is 5.63. The molecule has 1 saturated heterocycles. The van der Waals surface area contributed by atoms with E-state index in [-0.39, 0.29) is 12.5 Å². The Balaban J connectivity index is 1.29. The minimum absolute atomic E-state index is 0.107. The van der Waals surface area contributed by atoms with Gasteiger partial charge in [-0.1, -0.05) is 53.5 Å². The Labute approximate surface area is 192 Å². The third-order valence-corrected chi connectivity index (χ3v) is 5.85. The third-order valence-electron chi connectivity index (χ3n) is 5.31. The predicted molar refractivity (Wildman–Crippen MR) is 127 cm³/mol. The van der Waals surface area contributed by atoms with E-state index in [2.05, 4.69) is 10.2 Å². The van der Waals surface area contributed by atoms with E-state index in [1.54, 1.807) is 0 Å². The zero-order valence-electron chi connectivity index (χ0n) is 17.1. The summed E-state index contributed by atoms with van der Waals surface area (Å²) in [7, 11) is 0. The average Bonchev–Trinajstić information content (AvgIpc) is 3.27. The van der Waals surface area contributed by atoms with Crippen LogP contribution in [-0.4, -0.2) is 30.5 Å². The van der Waals surface area contributed by atoms with Crippen LogP contribution in [-0.2, 0) is 11.3 Å². The van der Waals surface area contributed by atoms with Crippen molar-refractivity contribution >= 4 is 34.8 Å². The molecule has 0 bridgehead atoms. The number of hydrogen-bond donors (Lipinski definition) is 1. The van der Waals surface area contributed by atoms with E-state index in [0.717, 1.165) is 36.3 Å². The molecule has 4 rings (SSSR count). The van der Waals surface area contributed by atoms with Gasteiger partial charge in [-0.25, -0.2) is 0 Å². The molecule has 0 aromatic heterocycles. The van der Waals surface area contributed by atoms with E-state index in [0.29, 0.717) is 21.5 Å². The number of nitrogens with zero attached hydrogens (tertiary/aromatic N) is 1. The lowest BCUT2D eigenvalue weighted by atomic mass is 10.1. The number of ether oxygens (including phenoxy) is 1. The lowest BCUT2D eigenvalue weighted by Crippen LogP contribution is -2.20. The van der Waals surface area contributed by atoms with E-state index < -0.39 is 0 Å². The monoisotopic (exact) mass is 454 g/mol. The molecule has 1 fully saturated rings. The summed E-state index contributed by atoms with van der Waals surface area (Å²) in [6.45, 7) is 3.06. The maximum atomic E-state index is 12.3. The third kappa shape index (κ3) is 6.01. The minimum atomic E-state index is -0.239. The van der Waals surface area contributed by atoms with Crippen molar-refractivity contribution in [1.82, 2.24) is 4.90 Å². The van der Waals surface area contributed by atoms with Crippen molar-refractivity contribution < 1.29 is 9.53 Å². The Hall–Kier alpha value is -2.53. The standard InChI is InChI=1S/C25H24Cl2N2O2/c26-21-8-4-19(5-9-21)20-6-10-22(11-7-20)28-25(30)17-31-24-12-3-18(15-23(24)27)16-29-13-1-2-14-29/h3-12,15H,1-2,13-14,16-17H2,(H,28,30). The first-order valence-corrected chi connectivity index (χ1v) is 11.1. The van der Waals surface area contributed by atoms with E-state index >= 15 is 0 Å². The Kier molecular flexibility index (Phi) is 7.13. The van der Waals surface area contributed by atoms with Gasteiger partial charge in [-0.15, -0.1) is 0 Å². The van der Waals surface area contributed by atoms with E-state index in [1.807, 2.05) is 66.7 Å². The first kappa shape index (κ1) is 21.7. The molecule has 1 aliphatic heterocycles. The van der Waals surface area contributed by atoms with Crippen LogP contribution < -0.4 is 10.1 Å². The Morgan fingerprint density at radius 2 is 1.55 bits per heavy atom. The second kappa shape index (κ2) is 10.2. The molecule has 0 radical (unpaired) electrons. The second-order valence-corrected chi connectivity index (χ2v) is 8.51. The highest BCUT2D eigenvalue weighted by molar-refractivity contribution is 6.32. The van der Waals surface area contributed by atoms with Crippen molar-refractivity contribution in [2.45, 2.75) is 19.4 Å². The molecule has 0 aliphatic carbocycles. The Morgan fingerprint density at radius 1 is 0.903 bits per heavy atom. The van der Waals surface area contributed by atoms with E-state index in [9.17, 15) is 4.79 Å². The van der Waals surface area contributed by atoms with Crippen molar-refractivity contribution in [3.8, 4) is 16.9 Å². The van der Waals surface area contributed by atoms with Crippen LogP contribution in [0.1, 0.15) is 18.4 Å². The lowest BCUT2D eigenvalue weighted by Gasteiger charge is -2.15. The Morgan fingerprint density at radius 3 is 2.19 bits per heavy atom. The summed E-state index contributed by atoms with van der Waals surface area (Å²) in [5.74, 6) is 0.275. The molecule has 6 heteroatoms. The van der Waals surface area contributed by atoms with Gasteiger partial charge in [-0.05, 0) is 79.0 Å². The maximum absolute atomic E-state index is 12.3. The largest absolute Gasteiger partial charge is 0.482 e. The highest BCUT2D eigenvalue weighted by atomic mass is 35.5. The average molecular weight is 455 g/mol. The fourth-order valence-corrected chi connectivity index (χ4v) is 4.07. The van der Waals surface area contributed by atoms with Crippen molar-refractivity contribution in [1.29, 1.82) is 0 Å². The molecule has 1 aliphatic rings. The van der Waals surface area contributed by atoms with Crippen molar-refractivity contribution in [2.24, 2.45) is 0 Å². The molecule has 1 N–H and O–H groups in total. The van der Waals surface area contributed by atoms with Crippen LogP contribution >= 0.6 is 23.2 Å². The minimum Gasteiger partial charge on any atom is -0.482 e. The van der Waals surface area contributed by atoms with E-state index in [1.165, 1.54) is 12.8 Å². The molecule has 3 aromatic carbocycles. The summed E-state index contributed by atoms with van der Waals surface area (Å²) in [6.07, 6.45) is 2.52. The number of rotatable bonds is 7. The number of anilines is 1. The fourth-order valence-electron chi connectivity index (χ4n) is 3.69. The summed E-state index contributed by atoms with van der Waals surface area (Å²) in [6, 6.07) is 21.0. The van der Waals surface area contributed by atoms with Gasteiger partial charge >= 0.3 is 0 Å². The number of carbonyl (C=O) groups is 1. The number of carbonyl (C=O) groups excluding carboxylic acids is 1. The molecule has 31 heavy (non-hydrogen) atoms. The summed E-state index contributed by atoms with van der Waals surface area (Å²) in [5.41, 5.74) is 3.97. The smallest absolute Gasteiger partial charge is 0.262 e. The van der Waals surface area contributed by atoms with Gasteiger partial charge in [0.05, 0.1) is 5.02 Å². The zero-order chi connectivity index (χ0) is 21.6. The number of likely N-dealkylation sites (tertiary alicyclic amines) is 1. The van der Waals surface area contributed by atoms with Crippen molar-refractivity contribution in [3.05, 3.63) is 82.3 Å². The predicted octanol–water partition coefficient (Wildman–Crippen LogP) is 6.27. The quantitative estimate of drug-likeness (QED) is 0.456. The Bertz CT molecular complexity index is 1030. The number of amides is 1. The molecule has 0 atom stereocenters. The summed E-state index contributed by atoms with van der Waals surface area (Å²) >= 11 is 12.3. The molecule has 1 amide bonds. The number of hydrogen-bond acceptors (Lipinski definition) is 3. The molecule has 3 aromatic rings. The molecule has 1 heterocycles. The molecule has 4 nitrogen and oxygen atoms in total. The number of benzene rings is 3. The SMILES string of the molecule is O=C(COc1ccc(CN2CCCC2)cc1Cl)Nc1ccc(-c2ccc(Cl)cc2)cc1. The number of nitrogens with one attached hydrogen (secondary N) is 1. The lowest BCUT2D eigenvalue weighted by molar-refractivity contribution is -0.118. The first-order chi connectivity index (χ1) is 15.1. The van der Waals surface area contributed by atoms with Crippen molar-refractivity contribution in [3.63, 3.8) is 0 Å².